The van der Waals surface area contributed by atoms with E-state index in [0.29, 0.717) is 6.42 Å². The molecule has 0 aromatic heterocycles. The van der Waals surface area contributed by atoms with E-state index in [4.69, 9.17) is 10.8 Å². The number of hydrogen-bond donors (Lipinski definition) is 2. The van der Waals surface area contributed by atoms with Crippen LogP contribution in [-0.2, 0) is 4.79 Å². The van der Waals surface area contributed by atoms with Gasteiger partial charge in [0.1, 0.15) is 0 Å². The van der Waals surface area contributed by atoms with Crippen molar-refractivity contribution < 1.29 is 9.90 Å². The molecule has 0 aliphatic carbocycles. The molecule has 0 spiro atoms. The first-order valence-corrected chi connectivity index (χ1v) is 3.08. The number of nitrogens with two attached hydrogens (primary N) is 1. The first kappa shape index (κ1) is 8.43. The van der Waals surface area contributed by atoms with Gasteiger partial charge < -0.3 is 10.8 Å². The van der Waals surface area contributed by atoms with Gasteiger partial charge in [-0.3, -0.25) is 4.79 Å². The standard InChI is InChI=1S/C6H13NO2/c1-3-5(4(2)7)6(8)9/h4-5H,3,7H2,1-2H3,(H,8,9)/t4?,5-/m0/s1. The predicted molar refractivity (Wildman–Crippen MR) is 35.1 cm³/mol. The lowest BCUT2D eigenvalue weighted by atomic mass is 10.00. The zero-order valence-corrected chi connectivity index (χ0v) is 5.79. The Morgan fingerprint density at radius 1 is 1.78 bits per heavy atom. The molecule has 0 radical (unpaired) electrons. The van der Waals surface area contributed by atoms with Crippen molar-refractivity contribution in [3.05, 3.63) is 0 Å². The zero-order chi connectivity index (χ0) is 7.44. The molecule has 0 rings (SSSR count). The van der Waals surface area contributed by atoms with Crippen LogP contribution in [0.4, 0.5) is 0 Å². The van der Waals surface area contributed by atoms with Crippen LogP contribution in [0, 0.1) is 5.92 Å². The van der Waals surface area contributed by atoms with E-state index in [2.05, 4.69) is 0 Å². The van der Waals surface area contributed by atoms with Crippen molar-refractivity contribution in [2.24, 2.45) is 11.7 Å². The Hall–Kier alpha value is -0.570. The fraction of sp³-hybridized carbons (Fsp3) is 0.833. The van der Waals surface area contributed by atoms with Gasteiger partial charge in [0.2, 0.25) is 0 Å². The van der Waals surface area contributed by atoms with Gasteiger partial charge in [-0.15, -0.1) is 0 Å². The van der Waals surface area contributed by atoms with Gasteiger partial charge >= 0.3 is 5.97 Å². The summed E-state index contributed by atoms with van der Waals surface area (Å²) in [6.45, 7) is 3.53. The molecule has 54 valence electrons. The van der Waals surface area contributed by atoms with Gasteiger partial charge in [-0.25, -0.2) is 0 Å². The Morgan fingerprint density at radius 3 is 2.22 bits per heavy atom. The molecule has 0 saturated carbocycles. The predicted octanol–water partition coefficient (Wildman–Crippen LogP) is 0.444. The van der Waals surface area contributed by atoms with E-state index in [0.717, 1.165) is 0 Å². The molecule has 0 saturated heterocycles. The van der Waals surface area contributed by atoms with E-state index in [9.17, 15) is 4.79 Å². The van der Waals surface area contributed by atoms with Crippen LogP contribution >= 0.6 is 0 Å². The van der Waals surface area contributed by atoms with Crippen molar-refractivity contribution in [2.75, 3.05) is 0 Å². The third-order valence-electron chi connectivity index (χ3n) is 1.39. The van der Waals surface area contributed by atoms with Gasteiger partial charge in [0.25, 0.3) is 0 Å². The molecule has 1 unspecified atom stereocenters. The summed E-state index contributed by atoms with van der Waals surface area (Å²) in [5, 5.41) is 8.46. The van der Waals surface area contributed by atoms with Crippen LogP contribution in [0.2, 0.25) is 0 Å². The highest BCUT2D eigenvalue weighted by molar-refractivity contribution is 5.70. The lowest BCUT2D eigenvalue weighted by Gasteiger charge is -2.12. The molecule has 9 heavy (non-hydrogen) atoms. The third-order valence-corrected chi connectivity index (χ3v) is 1.39. The highest BCUT2D eigenvalue weighted by Gasteiger charge is 2.18. The summed E-state index contributed by atoms with van der Waals surface area (Å²) in [4.78, 5) is 10.3. The van der Waals surface area contributed by atoms with E-state index >= 15 is 0 Å². The Balaban J connectivity index is 3.83. The lowest BCUT2D eigenvalue weighted by Crippen LogP contribution is -2.32. The molecule has 0 aromatic rings. The summed E-state index contributed by atoms with van der Waals surface area (Å²) in [5.74, 6) is -1.18. The molecular formula is C6H13NO2. The minimum Gasteiger partial charge on any atom is -0.481 e. The molecule has 0 amide bonds. The van der Waals surface area contributed by atoms with Crippen LogP contribution in [0.3, 0.4) is 0 Å². The van der Waals surface area contributed by atoms with Crippen LogP contribution < -0.4 is 5.73 Å². The SMILES string of the molecule is CC[C@H](C(=O)O)C(C)N. The Bertz CT molecular complexity index is 101. The number of carboxylic acid groups (broad SMARTS) is 1. The quantitative estimate of drug-likeness (QED) is 0.584. The second kappa shape index (κ2) is 3.45. The topological polar surface area (TPSA) is 63.3 Å². The molecular weight excluding hydrogens is 118 g/mol. The maximum atomic E-state index is 10.3. The highest BCUT2D eigenvalue weighted by atomic mass is 16.4. The summed E-state index contributed by atoms with van der Waals surface area (Å²) in [6.07, 6.45) is 0.604. The van der Waals surface area contributed by atoms with Crippen molar-refractivity contribution in [2.45, 2.75) is 26.3 Å². The van der Waals surface area contributed by atoms with Gasteiger partial charge in [-0.05, 0) is 13.3 Å². The lowest BCUT2D eigenvalue weighted by molar-refractivity contribution is -0.142. The van der Waals surface area contributed by atoms with Gasteiger partial charge in [0, 0.05) is 6.04 Å². The fourth-order valence-corrected chi connectivity index (χ4v) is 0.771. The molecule has 0 aliphatic rings. The first-order chi connectivity index (χ1) is 4.09. The molecule has 3 heteroatoms. The Labute approximate surface area is 54.9 Å². The Morgan fingerprint density at radius 2 is 2.22 bits per heavy atom. The molecule has 0 aliphatic heterocycles. The van der Waals surface area contributed by atoms with Crippen molar-refractivity contribution in [3.63, 3.8) is 0 Å². The van der Waals surface area contributed by atoms with Crippen molar-refractivity contribution >= 4 is 5.97 Å². The van der Waals surface area contributed by atoms with Crippen molar-refractivity contribution in [3.8, 4) is 0 Å². The van der Waals surface area contributed by atoms with Gasteiger partial charge in [-0.1, -0.05) is 6.92 Å². The fourth-order valence-electron chi connectivity index (χ4n) is 0.771. The van der Waals surface area contributed by atoms with Crippen LogP contribution in [0.15, 0.2) is 0 Å². The van der Waals surface area contributed by atoms with Crippen molar-refractivity contribution in [1.29, 1.82) is 0 Å². The summed E-state index contributed by atoms with van der Waals surface area (Å²) in [6, 6.07) is -0.243. The molecule has 0 aromatic carbocycles. The number of rotatable bonds is 3. The molecule has 3 N–H and O–H groups in total. The van der Waals surface area contributed by atoms with E-state index < -0.39 is 5.97 Å². The van der Waals surface area contributed by atoms with Crippen LogP contribution in [0.25, 0.3) is 0 Å². The number of carboxylic acids is 1. The highest BCUT2D eigenvalue weighted by Crippen LogP contribution is 2.05. The van der Waals surface area contributed by atoms with Gasteiger partial charge in [0.05, 0.1) is 5.92 Å². The second-order valence-corrected chi connectivity index (χ2v) is 2.21. The van der Waals surface area contributed by atoms with Gasteiger partial charge in [0.15, 0.2) is 0 Å². The summed E-state index contributed by atoms with van der Waals surface area (Å²) < 4.78 is 0. The summed E-state index contributed by atoms with van der Waals surface area (Å²) in [5.41, 5.74) is 5.37. The number of hydrogen-bond acceptors (Lipinski definition) is 2. The van der Waals surface area contributed by atoms with E-state index in [1.54, 1.807) is 6.92 Å². The molecule has 3 nitrogen and oxygen atoms in total. The Kier molecular flexibility index (Phi) is 3.24. The monoisotopic (exact) mass is 131 g/mol. The van der Waals surface area contributed by atoms with Crippen LogP contribution in [0.5, 0.6) is 0 Å². The average molecular weight is 131 g/mol. The normalized spacial score (nSPS) is 16.8. The molecule has 0 heterocycles. The second-order valence-electron chi connectivity index (χ2n) is 2.21. The molecule has 0 fully saturated rings. The number of carbonyl (C=O) groups is 1. The molecule has 2 atom stereocenters. The van der Waals surface area contributed by atoms with Gasteiger partial charge in [-0.2, -0.15) is 0 Å². The maximum absolute atomic E-state index is 10.3. The maximum Gasteiger partial charge on any atom is 0.308 e. The van der Waals surface area contributed by atoms with Crippen molar-refractivity contribution in [1.82, 2.24) is 0 Å². The minimum absolute atomic E-state index is 0.243. The van der Waals surface area contributed by atoms with Crippen LogP contribution in [-0.4, -0.2) is 17.1 Å². The third kappa shape index (κ3) is 2.46. The first-order valence-electron chi connectivity index (χ1n) is 3.08. The van der Waals surface area contributed by atoms with E-state index in [1.807, 2.05) is 6.92 Å². The van der Waals surface area contributed by atoms with E-state index in [1.165, 1.54) is 0 Å². The summed E-state index contributed by atoms with van der Waals surface area (Å²) >= 11 is 0. The zero-order valence-electron chi connectivity index (χ0n) is 5.79. The largest absolute Gasteiger partial charge is 0.481 e. The number of aliphatic carboxylic acids is 1. The average Bonchev–Trinajstić information content (AvgIpc) is 1.64. The minimum atomic E-state index is -0.799. The summed E-state index contributed by atoms with van der Waals surface area (Å²) in [7, 11) is 0. The smallest absolute Gasteiger partial charge is 0.308 e. The van der Waals surface area contributed by atoms with Crippen LogP contribution in [0.1, 0.15) is 20.3 Å². The molecule has 0 bridgehead atoms. The van der Waals surface area contributed by atoms with E-state index in [-0.39, 0.29) is 12.0 Å².